The molecule has 1 aliphatic heterocycles. The smallest absolute Gasteiger partial charge is 0.343 e. The Morgan fingerprint density at radius 2 is 1.84 bits per heavy atom. The highest BCUT2D eigenvalue weighted by Crippen LogP contribution is 2.32. The lowest BCUT2D eigenvalue weighted by Gasteiger charge is -2.12. The van der Waals surface area contributed by atoms with Gasteiger partial charge in [-0.25, -0.2) is 9.18 Å². The highest BCUT2D eigenvalue weighted by atomic mass is 32.2. The predicted octanol–water partition coefficient (Wildman–Crippen LogP) is 3.05. The number of rotatable bonds is 7. The molecule has 1 saturated heterocycles. The zero-order chi connectivity index (χ0) is 22.4. The molecule has 0 aliphatic carbocycles. The molecule has 1 aliphatic rings. The van der Waals surface area contributed by atoms with Crippen molar-refractivity contribution in [2.24, 2.45) is 0 Å². The van der Waals surface area contributed by atoms with E-state index in [1.165, 1.54) is 31.4 Å². The number of esters is 1. The van der Waals surface area contributed by atoms with Crippen LogP contribution in [-0.4, -0.2) is 48.2 Å². The first-order chi connectivity index (χ1) is 14.9. The van der Waals surface area contributed by atoms with Crippen molar-refractivity contribution in [3.63, 3.8) is 0 Å². The molecule has 0 radical (unpaired) electrons. The van der Waals surface area contributed by atoms with E-state index >= 15 is 0 Å². The molecule has 1 heterocycles. The van der Waals surface area contributed by atoms with Crippen molar-refractivity contribution in [2.75, 3.05) is 25.6 Å². The zero-order valence-corrected chi connectivity index (χ0v) is 17.1. The third kappa shape index (κ3) is 5.70. The number of ether oxygens (including phenoxy) is 2. The Balaban J connectivity index is 1.62. The first-order valence-electron chi connectivity index (χ1n) is 8.97. The van der Waals surface area contributed by atoms with Crippen molar-refractivity contribution < 1.29 is 33.0 Å². The number of hydrogen-bond acceptors (Lipinski definition) is 7. The number of methoxy groups -OCH3 is 1. The first-order valence-corrected chi connectivity index (χ1v) is 9.78. The third-order valence-electron chi connectivity index (χ3n) is 4.09. The Morgan fingerprint density at radius 3 is 2.52 bits per heavy atom. The van der Waals surface area contributed by atoms with Crippen LogP contribution in [0.1, 0.15) is 5.56 Å². The number of para-hydroxylation sites is 1. The molecule has 0 saturated carbocycles. The van der Waals surface area contributed by atoms with Crippen molar-refractivity contribution in [1.29, 1.82) is 0 Å². The molecule has 1 N–H and O–H groups in total. The minimum Gasteiger partial charge on any atom is -0.482 e. The number of nitrogens with zero attached hydrogens (tertiary/aromatic N) is 1. The lowest BCUT2D eigenvalue weighted by atomic mass is 10.2. The highest BCUT2D eigenvalue weighted by Gasteiger charge is 2.36. The largest absolute Gasteiger partial charge is 0.482 e. The van der Waals surface area contributed by atoms with Crippen LogP contribution in [0, 0.1) is 5.82 Å². The monoisotopic (exact) mass is 444 g/mol. The normalized spacial score (nSPS) is 14.6. The van der Waals surface area contributed by atoms with Gasteiger partial charge in [0.1, 0.15) is 18.1 Å². The van der Waals surface area contributed by atoms with Crippen LogP contribution in [0.25, 0.3) is 6.08 Å². The van der Waals surface area contributed by atoms with Gasteiger partial charge >= 0.3 is 5.97 Å². The maximum absolute atomic E-state index is 13.6. The maximum atomic E-state index is 13.6. The summed E-state index contributed by atoms with van der Waals surface area (Å²) in [6.45, 7) is -0.764. The summed E-state index contributed by atoms with van der Waals surface area (Å²) in [4.78, 5) is 48.9. The fraction of sp³-hybridized carbons (Fsp3) is 0.143. The molecule has 160 valence electrons. The molecule has 0 atom stereocenters. The molecule has 3 rings (SSSR count). The average molecular weight is 444 g/mol. The molecule has 1 fully saturated rings. The quantitative estimate of drug-likeness (QED) is 0.517. The van der Waals surface area contributed by atoms with Gasteiger partial charge in [-0.05, 0) is 47.7 Å². The van der Waals surface area contributed by atoms with Crippen LogP contribution < -0.4 is 10.1 Å². The zero-order valence-electron chi connectivity index (χ0n) is 16.3. The lowest BCUT2D eigenvalue weighted by molar-refractivity contribution is -0.142. The molecule has 8 nitrogen and oxygen atoms in total. The van der Waals surface area contributed by atoms with Gasteiger partial charge in [0.05, 0.1) is 17.7 Å². The minimum absolute atomic E-state index is 0.0375. The van der Waals surface area contributed by atoms with Gasteiger partial charge in [0.25, 0.3) is 11.1 Å². The second-order valence-electron chi connectivity index (χ2n) is 6.23. The summed E-state index contributed by atoms with van der Waals surface area (Å²) in [5, 5.41) is 1.74. The third-order valence-corrected chi connectivity index (χ3v) is 4.99. The van der Waals surface area contributed by atoms with Crippen LogP contribution in [0.15, 0.2) is 53.4 Å². The van der Waals surface area contributed by atoms with Crippen molar-refractivity contribution in [3.05, 3.63) is 64.8 Å². The molecule has 10 heteroatoms. The number of anilines is 1. The number of carbonyl (C=O) groups is 4. The van der Waals surface area contributed by atoms with E-state index in [2.05, 4.69) is 10.1 Å². The standard InChI is InChI=1S/C21H17FN2O6S/c1-29-19(26)12-30-14-8-6-13(7-9-14)10-17-20(27)24(21(28)31-17)11-18(25)23-16-5-3-2-4-15(16)22/h2-10H,11-12H2,1H3,(H,23,25)/b17-10-. The fourth-order valence-electron chi connectivity index (χ4n) is 2.55. The Kier molecular flexibility index (Phi) is 7.03. The Labute approximate surface area is 181 Å². The lowest BCUT2D eigenvalue weighted by Crippen LogP contribution is -2.36. The molecule has 2 aromatic carbocycles. The van der Waals surface area contributed by atoms with E-state index in [1.807, 2.05) is 0 Å². The van der Waals surface area contributed by atoms with Crippen molar-refractivity contribution in [2.45, 2.75) is 0 Å². The van der Waals surface area contributed by atoms with E-state index in [1.54, 1.807) is 30.3 Å². The van der Waals surface area contributed by atoms with E-state index in [4.69, 9.17) is 4.74 Å². The molecule has 0 bridgehead atoms. The van der Waals surface area contributed by atoms with Crippen LogP contribution >= 0.6 is 11.8 Å². The molecular weight excluding hydrogens is 427 g/mol. The molecular formula is C21H17FN2O6S. The molecule has 0 unspecified atom stereocenters. The number of halogens is 1. The van der Waals surface area contributed by atoms with Crippen molar-refractivity contribution in [1.82, 2.24) is 4.90 Å². The van der Waals surface area contributed by atoms with Crippen molar-refractivity contribution in [3.8, 4) is 5.75 Å². The topological polar surface area (TPSA) is 102 Å². The van der Waals surface area contributed by atoms with Gasteiger partial charge in [0.15, 0.2) is 6.61 Å². The van der Waals surface area contributed by atoms with E-state index in [0.29, 0.717) is 23.1 Å². The van der Waals surface area contributed by atoms with Gasteiger partial charge in [-0.3, -0.25) is 19.3 Å². The second-order valence-corrected chi connectivity index (χ2v) is 7.22. The summed E-state index contributed by atoms with van der Waals surface area (Å²) in [5.74, 6) is -2.02. The van der Waals surface area contributed by atoms with E-state index < -0.39 is 35.4 Å². The molecule has 0 aromatic heterocycles. The van der Waals surface area contributed by atoms with Gasteiger partial charge in [-0.2, -0.15) is 0 Å². The van der Waals surface area contributed by atoms with Crippen LogP contribution in [0.2, 0.25) is 0 Å². The average Bonchev–Trinajstić information content (AvgIpc) is 3.02. The number of nitrogens with one attached hydrogen (secondary N) is 1. The van der Waals surface area contributed by atoms with Gasteiger partial charge < -0.3 is 14.8 Å². The minimum atomic E-state index is -0.694. The Morgan fingerprint density at radius 1 is 1.13 bits per heavy atom. The Hall–Kier alpha value is -3.66. The number of amides is 3. The number of thioether (sulfide) groups is 1. The summed E-state index contributed by atoms with van der Waals surface area (Å²) in [6, 6.07) is 12.1. The summed E-state index contributed by atoms with van der Waals surface area (Å²) >= 11 is 0.701. The summed E-state index contributed by atoms with van der Waals surface area (Å²) < 4.78 is 23.4. The first kappa shape index (κ1) is 22.0. The number of benzene rings is 2. The number of hydrogen-bond donors (Lipinski definition) is 1. The Bertz CT molecular complexity index is 1050. The summed E-state index contributed by atoms with van der Waals surface area (Å²) in [7, 11) is 1.26. The molecule has 2 aromatic rings. The van der Waals surface area contributed by atoms with E-state index in [0.717, 1.165) is 4.90 Å². The van der Waals surface area contributed by atoms with Crippen LogP contribution in [-0.2, 0) is 19.1 Å². The SMILES string of the molecule is COC(=O)COc1ccc(/C=C2\SC(=O)N(CC(=O)Nc3ccccc3F)C2=O)cc1. The molecule has 0 spiro atoms. The summed E-state index contributed by atoms with van der Waals surface area (Å²) in [5.41, 5.74) is 0.580. The van der Waals surface area contributed by atoms with E-state index in [9.17, 15) is 23.6 Å². The van der Waals surface area contributed by atoms with Crippen molar-refractivity contribution >= 4 is 46.5 Å². The predicted molar refractivity (Wildman–Crippen MR) is 112 cm³/mol. The van der Waals surface area contributed by atoms with Crippen LogP contribution in [0.3, 0.4) is 0 Å². The summed E-state index contributed by atoms with van der Waals surface area (Å²) in [6.07, 6.45) is 1.50. The number of imide groups is 1. The van der Waals surface area contributed by atoms with Gasteiger partial charge in [-0.1, -0.05) is 24.3 Å². The van der Waals surface area contributed by atoms with Crippen LogP contribution in [0.5, 0.6) is 5.75 Å². The molecule has 3 amide bonds. The fourth-order valence-corrected chi connectivity index (χ4v) is 3.38. The van der Waals surface area contributed by atoms with Gasteiger partial charge in [0, 0.05) is 0 Å². The van der Waals surface area contributed by atoms with Crippen LogP contribution in [0.4, 0.5) is 14.9 Å². The molecule has 31 heavy (non-hydrogen) atoms. The van der Waals surface area contributed by atoms with E-state index in [-0.39, 0.29) is 17.2 Å². The van der Waals surface area contributed by atoms with Gasteiger partial charge in [0.2, 0.25) is 5.91 Å². The maximum Gasteiger partial charge on any atom is 0.343 e. The highest BCUT2D eigenvalue weighted by molar-refractivity contribution is 8.18. The second kappa shape index (κ2) is 9.90. The van der Waals surface area contributed by atoms with Gasteiger partial charge in [-0.15, -0.1) is 0 Å². The number of carbonyl (C=O) groups excluding carboxylic acids is 4.